The summed E-state index contributed by atoms with van der Waals surface area (Å²) < 4.78 is 5.13. The summed E-state index contributed by atoms with van der Waals surface area (Å²) in [5.74, 6) is -1.17. The molecule has 1 aromatic heterocycles. The lowest BCUT2D eigenvalue weighted by Gasteiger charge is -1.97. The summed E-state index contributed by atoms with van der Waals surface area (Å²) in [6.07, 6.45) is 0.850. The fourth-order valence-electron chi connectivity index (χ4n) is 1.48. The van der Waals surface area contributed by atoms with E-state index in [1.54, 1.807) is 6.07 Å². The molecule has 0 spiro atoms. The predicted octanol–water partition coefficient (Wildman–Crippen LogP) is 3.35. The van der Waals surface area contributed by atoms with Gasteiger partial charge in [-0.3, -0.25) is 0 Å². The summed E-state index contributed by atoms with van der Waals surface area (Å²) >= 11 is 5.97. The Balaban J connectivity index is 2.69. The Morgan fingerprint density at radius 1 is 1.47 bits per heavy atom. The molecule has 1 N–H and O–H groups in total. The Kier molecular flexibility index (Phi) is 2.40. The van der Waals surface area contributed by atoms with Crippen LogP contribution in [0.4, 0.5) is 0 Å². The number of carbonyl (C=O) groups is 1. The highest BCUT2D eigenvalue weighted by atomic mass is 35.5. The second-order valence-corrected chi connectivity index (χ2v) is 3.67. The fraction of sp³-hybridized carbons (Fsp3) is 0.182. The van der Waals surface area contributed by atoms with Gasteiger partial charge in [-0.1, -0.05) is 18.5 Å². The number of aryl methyl sites for hydroxylation is 1. The highest BCUT2D eigenvalue weighted by Gasteiger charge is 2.13. The summed E-state index contributed by atoms with van der Waals surface area (Å²) in [4.78, 5) is 10.7. The van der Waals surface area contributed by atoms with Gasteiger partial charge in [0.2, 0.25) is 5.76 Å². The molecule has 0 atom stereocenters. The molecule has 3 nitrogen and oxygen atoms in total. The average Bonchev–Trinajstić information content (AvgIpc) is 2.61. The van der Waals surface area contributed by atoms with Gasteiger partial charge < -0.3 is 9.52 Å². The molecule has 0 aliphatic carbocycles. The third-order valence-corrected chi connectivity index (χ3v) is 2.53. The van der Waals surface area contributed by atoms with E-state index in [2.05, 4.69) is 0 Å². The van der Waals surface area contributed by atoms with Crippen LogP contribution in [0.25, 0.3) is 11.0 Å². The molecule has 1 aromatic carbocycles. The zero-order valence-corrected chi connectivity index (χ0v) is 8.84. The van der Waals surface area contributed by atoms with Crippen LogP contribution in [0.5, 0.6) is 0 Å². The molecule has 0 saturated heterocycles. The number of carboxylic acid groups (broad SMARTS) is 1. The Morgan fingerprint density at radius 3 is 2.80 bits per heavy atom. The van der Waals surface area contributed by atoms with Crippen molar-refractivity contribution in [2.45, 2.75) is 13.3 Å². The van der Waals surface area contributed by atoms with Crippen LogP contribution in [0.2, 0.25) is 5.02 Å². The van der Waals surface area contributed by atoms with Gasteiger partial charge in [-0.15, -0.1) is 0 Å². The summed E-state index contributed by atoms with van der Waals surface area (Å²) in [6, 6.07) is 5.17. The Morgan fingerprint density at radius 2 is 2.20 bits per heavy atom. The molecule has 4 heteroatoms. The standard InChI is InChI=1S/C11H9ClO3/c1-2-6-3-7-5-9(11(13)14)15-10(7)8(12)4-6/h3-5H,2H2,1H3,(H,13,14). The number of carboxylic acids is 1. The van der Waals surface area contributed by atoms with Crippen molar-refractivity contribution in [3.05, 3.63) is 34.5 Å². The largest absolute Gasteiger partial charge is 0.475 e. The molecule has 2 rings (SSSR count). The zero-order valence-electron chi connectivity index (χ0n) is 8.08. The first-order chi connectivity index (χ1) is 7.11. The number of hydrogen-bond acceptors (Lipinski definition) is 2. The Bertz CT molecular complexity index is 528. The third kappa shape index (κ3) is 1.70. The van der Waals surface area contributed by atoms with Gasteiger partial charge in [-0.05, 0) is 30.2 Å². The SMILES string of the molecule is CCc1cc(Cl)c2oc(C(=O)O)cc2c1. The summed E-state index contributed by atoms with van der Waals surface area (Å²) in [5.41, 5.74) is 1.50. The van der Waals surface area contributed by atoms with Gasteiger partial charge in [0, 0.05) is 5.39 Å². The van der Waals surface area contributed by atoms with Crippen molar-refractivity contribution in [2.24, 2.45) is 0 Å². The van der Waals surface area contributed by atoms with E-state index in [-0.39, 0.29) is 5.76 Å². The Labute approximate surface area is 91.3 Å². The average molecular weight is 225 g/mol. The van der Waals surface area contributed by atoms with Crippen LogP contribution in [0.1, 0.15) is 23.0 Å². The minimum absolute atomic E-state index is 0.0832. The lowest BCUT2D eigenvalue weighted by atomic mass is 10.1. The van der Waals surface area contributed by atoms with Crippen LogP contribution in [0.3, 0.4) is 0 Å². The normalized spacial score (nSPS) is 10.8. The van der Waals surface area contributed by atoms with E-state index >= 15 is 0 Å². The quantitative estimate of drug-likeness (QED) is 0.851. The minimum Gasteiger partial charge on any atom is -0.475 e. The van der Waals surface area contributed by atoms with Gasteiger partial charge in [-0.25, -0.2) is 4.79 Å². The molecule has 0 aliphatic heterocycles. The first-order valence-electron chi connectivity index (χ1n) is 4.57. The molecule has 0 radical (unpaired) electrons. The molecule has 2 aromatic rings. The topological polar surface area (TPSA) is 50.4 Å². The molecule has 0 bridgehead atoms. The van der Waals surface area contributed by atoms with Crippen molar-refractivity contribution < 1.29 is 14.3 Å². The van der Waals surface area contributed by atoms with Gasteiger partial charge in [0.25, 0.3) is 0 Å². The molecule has 78 valence electrons. The monoisotopic (exact) mass is 224 g/mol. The maximum atomic E-state index is 10.7. The number of fused-ring (bicyclic) bond motifs is 1. The van der Waals surface area contributed by atoms with E-state index in [1.807, 2.05) is 13.0 Å². The summed E-state index contributed by atoms with van der Waals surface area (Å²) in [7, 11) is 0. The molecular formula is C11H9ClO3. The van der Waals surface area contributed by atoms with Crippen molar-refractivity contribution in [2.75, 3.05) is 0 Å². The zero-order chi connectivity index (χ0) is 11.0. The van der Waals surface area contributed by atoms with Crippen LogP contribution < -0.4 is 0 Å². The molecular weight excluding hydrogens is 216 g/mol. The van der Waals surface area contributed by atoms with E-state index in [4.69, 9.17) is 21.1 Å². The van der Waals surface area contributed by atoms with Gasteiger partial charge >= 0.3 is 5.97 Å². The minimum atomic E-state index is -1.08. The van der Waals surface area contributed by atoms with E-state index < -0.39 is 5.97 Å². The second kappa shape index (κ2) is 3.59. The lowest BCUT2D eigenvalue weighted by molar-refractivity contribution is 0.0665. The van der Waals surface area contributed by atoms with Crippen LogP contribution in [-0.2, 0) is 6.42 Å². The smallest absolute Gasteiger partial charge is 0.371 e. The van der Waals surface area contributed by atoms with Crippen molar-refractivity contribution in [3.63, 3.8) is 0 Å². The fourth-order valence-corrected chi connectivity index (χ4v) is 1.77. The predicted molar refractivity (Wildman–Crippen MR) is 57.6 cm³/mol. The number of furan rings is 1. The van der Waals surface area contributed by atoms with E-state index in [9.17, 15) is 4.79 Å². The number of aromatic carboxylic acids is 1. The van der Waals surface area contributed by atoms with Crippen LogP contribution >= 0.6 is 11.6 Å². The van der Waals surface area contributed by atoms with Crippen LogP contribution in [0, 0.1) is 0 Å². The highest BCUT2D eigenvalue weighted by Crippen LogP contribution is 2.28. The number of halogens is 1. The van der Waals surface area contributed by atoms with Crippen molar-refractivity contribution in [1.29, 1.82) is 0 Å². The maximum Gasteiger partial charge on any atom is 0.371 e. The molecule has 0 aliphatic rings. The molecule has 15 heavy (non-hydrogen) atoms. The van der Waals surface area contributed by atoms with Gasteiger partial charge in [0.05, 0.1) is 5.02 Å². The first-order valence-corrected chi connectivity index (χ1v) is 4.95. The highest BCUT2D eigenvalue weighted by molar-refractivity contribution is 6.35. The molecule has 0 saturated carbocycles. The molecule has 0 amide bonds. The Hall–Kier alpha value is -1.48. The number of benzene rings is 1. The third-order valence-electron chi connectivity index (χ3n) is 2.25. The molecule has 0 fully saturated rings. The van der Waals surface area contributed by atoms with Gasteiger partial charge in [0.1, 0.15) is 0 Å². The van der Waals surface area contributed by atoms with Gasteiger partial charge in [0.15, 0.2) is 5.58 Å². The molecule has 0 unspecified atom stereocenters. The summed E-state index contributed by atoms with van der Waals surface area (Å²) in [5, 5.41) is 9.95. The second-order valence-electron chi connectivity index (χ2n) is 3.27. The van der Waals surface area contributed by atoms with E-state index in [1.165, 1.54) is 6.07 Å². The lowest BCUT2D eigenvalue weighted by Crippen LogP contribution is -1.91. The summed E-state index contributed by atoms with van der Waals surface area (Å²) in [6.45, 7) is 2.01. The van der Waals surface area contributed by atoms with Crippen molar-refractivity contribution >= 4 is 28.5 Å². The van der Waals surface area contributed by atoms with Crippen molar-refractivity contribution in [1.82, 2.24) is 0 Å². The number of rotatable bonds is 2. The van der Waals surface area contributed by atoms with Crippen LogP contribution in [0.15, 0.2) is 22.6 Å². The van der Waals surface area contributed by atoms with Crippen LogP contribution in [-0.4, -0.2) is 11.1 Å². The maximum absolute atomic E-state index is 10.7. The first kappa shape index (κ1) is 10.1. The van der Waals surface area contributed by atoms with E-state index in [0.29, 0.717) is 10.6 Å². The number of hydrogen-bond donors (Lipinski definition) is 1. The molecule has 1 heterocycles. The van der Waals surface area contributed by atoms with Crippen molar-refractivity contribution in [3.8, 4) is 0 Å². The van der Waals surface area contributed by atoms with Gasteiger partial charge in [-0.2, -0.15) is 0 Å². The van der Waals surface area contributed by atoms with E-state index in [0.717, 1.165) is 17.4 Å².